The lowest BCUT2D eigenvalue weighted by Crippen LogP contribution is -2.43. The van der Waals surface area contributed by atoms with Crippen LogP contribution >= 0.6 is 0 Å². The predicted molar refractivity (Wildman–Crippen MR) is 129 cm³/mol. The van der Waals surface area contributed by atoms with Crippen molar-refractivity contribution >= 4 is 11.7 Å². The lowest BCUT2D eigenvalue weighted by Gasteiger charge is -2.37. The van der Waals surface area contributed by atoms with Gasteiger partial charge in [-0.05, 0) is 70.1 Å². The molecule has 1 aliphatic rings. The maximum Gasteiger partial charge on any atom is 0.337 e. The number of carbonyl (C=O) groups excluding carboxylic acids is 1. The van der Waals surface area contributed by atoms with E-state index < -0.39 is 0 Å². The molecule has 3 rings (SSSR count). The van der Waals surface area contributed by atoms with Crippen molar-refractivity contribution in [2.24, 2.45) is 4.99 Å². The lowest BCUT2D eigenvalue weighted by molar-refractivity contribution is 0.0600. The number of nitrogens with zero attached hydrogens (tertiary/aromatic N) is 4. The first-order chi connectivity index (χ1) is 15.5. The molecular formula is C26H34N4O2. The molecule has 0 aliphatic carbocycles. The Morgan fingerprint density at radius 3 is 2.62 bits per heavy atom. The zero-order valence-corrected chi connectivity index (χ0v) is 19.6. The minimum absolute atomic E-state index is 0.371. The number of esters is 1. The molecule has 1 aliphatic heterocycles. The van der Waals surface area contributed by atoms with E-state index in [0.29, 0.717) is 17.3 Å². The van der Waals surface area contributed by atoms with Crippen LogP contribution < -0.4 is 0 Å². The van der Waals surface area contributed by atoms with Gasteiger partial charge in [0.2, 0.25) is 0 Å². The van der Waals surface area contributed by atoms with Gasteiger partial charge in [0.25, 0.3) is 0 Å². The fourth-order valence-corrected chi connectivity index (χ4v) is 4.07. The van der Waals surface area contributed by atoms with Crippen molar-refractivity contribution in [1.29, 1.82) is 0 Å². The standard InChI is InChI=1S/C26H34N4O2/c1-20(17-28-21(2)25-16-23(10-13-27-25)26(31)32-4)18-29(3)24-11-14-30(15-12-24)19-22-8-6-5-7-9-22/h5-10,13,16-17,24H,11-12,14-15,18-19H2,1-4H3/b20-17+,28-21?. The van der Waals surface area contributed by atoms with E-state index in [1.807, 2.05) is 13.1 Å². The monoisotopic (exact) mass is 434 g/mol. The molecule has 1 fully saturated rings. The SMILES string of the molecule is COC(=O)c1ccnc(C(C)=N/C=C(\C)CN(C)C2CCN(Cc3ccccc3)CC2)c1. The third-order valence-electron chi connectivity index (χ3n) is 5.96. The molecule has 6 nitrogen and oxygen atoms in total. The molecule has 0 saturated carbocycles. The number of rotatable bonds is 8. The number of benzene rings is 1. The molecule has 2 heterocycles. The predicted octanol–water partition coefficient (Wildman–Crippen LogP) is 4.18. The van der Waals surface area contributed by atoms with Crippen LogP contribution in [0.25, 0.3) is 0 Å². The maximum absolute atomic E-state index is 11.7. The summed E-state index contributed by atoms with van der Waals surface area (Å²) in [7, 11) is 3.58. The summed E-state index contributed by atoms with van der Waals surface area (Å²) in [6.45, 7) is 8.19. The summed E-state index contributed by atoms with van der Waals surface area (Å²) < 4.78 is 4.78. The van der Waals surface area contributed by atoms with Gasteiger partial charge in [0.05, 0.1) is 24.1 Å². The summed E-state index contributed by atoms with van der Waals surface area (Å²) >= 11 is 0. The summed E-state index contributed by atoms with van der Waals surface area (Å²) in [6.07, 6.45) is 5.88. The number of likely N-dealkylation sites (N-methyl/N-ethyl adjacent to an activating group) is 1. The fourth-order valence-electron chi connectivity index (χ4n) is 4.07. The maximum atomic E-state index is 11.7. The van der Waals surface area contributed by atoms with Crippen LogP contribution in [0.2, 0.25) is 0 Å². The summed E-state index contributed by atoms with van der Waals surface area (Å²) in [6, 6.07) is 14.7. The normalized spacial score (nSPS) is 16.4. The van der Waals surface area contributed by atoms with E-state index in [1.165, 1.54) is 31.1 Å². The molecule has 0 spiro atoms. The third-order valence-corrected chi connectivity index (χ3v) is 5.96. The fraction of sp³-hybridized carbons (Fsp3) is 0.423. The number of piperidine rings is 1. The second-order valence-electron chi connectivity index (χ2n) is 8.52. The summed E-state index contributed by atoms with van der Waals surface area (Å²) in [5, 5.41) is 0. The van der Waals surface area contributed by atoms with Crippen LogP contribution in [0.1, 0.15) is 48.3 Å². The number of likely N-dealkylation sites (tertiary alicyclic amines) is 1. The number of hydrogen-bond acceptors (Lipinski definition) is 6. The summed E-state index contributed by atoms with van der Waals surface area (Å²) in [4.78, 5) is 25.6. The number of aliphatic imine (C=N–C) groups is 1. The first-order valence-electron chi connectivity index (χ1n) is 11.2. The minimum Gasteiger partial charge on any atom is -0.465 e. The average Bonchev–Trinajstić information content (AvgIpc) is 2.83. The lowest BCUT2D eigenvalue weighted by atomic mass is 10.0. The van der Waals surface area contributed by atoms with E-state index >= 15 is 0 Å². The molecule has 0 radical (unpaired) electrons. The van der Waals surface area contributed by atoms with Crippen molar-refractivity contribution < 1.29 is 9.53 Å². The van der Waals surface area contributed by atoms with Gasteiger partial charge >= 0.3 is 5.97 Å². The highest BCUT2D eigenvalue weighted by Crippen LogP contribution is 2.18. The Bertz CT molecular complexity index is 947. The molecule has 0 bridgehead atoms. The Hall–Kier alpha value is -2.83. The van der Waals surface area contributed by atoms with Gasteiger partial charge in [0.1, 0.15) is 0 Å². The van der Waals surface area contributed by atoms with Gasteiger partial charge in [-0.1, -0.05) is 30.3 Å². The van der Waals surface area contributed by atoms with Gasteiger partial charge in [-0.25, -0.2) is 4.79 Å². The highest BCUT2D eigenvalue weighted by molar-refractivity contribution is 5.99. The van der Waals surface area contributed by atoms with Crippen molar-refractivity contribution in [3.63, 3.8) is 0 Å². The quantitative estimate of drug-likeness (QED) is 0.461. The first-order valence-corrected chi connectivity index (χ1v) is 11.2. The zero-order chi connectivity index (χ0) is 22.9. The van der Waals surface area contributed by atoms with Crippen LogP contribution in [0.5, 0.6) is 0 Å². The summed E-state index contributed by atoms with van der Waals surface area (Å²) in [5.41, 5.74) is 4.51. The first kappa shape index (κ1) is 23.8. The van der Waals surface area contributed by atoms with E-state index in [4.69, 9.17) is 4.74 Å². The van der Waals surface area contributed by atoms with Crippen LogP contribution in [0.3, 0.4) is 0 Å². The van der Waals surface area contributed by atoms with Crippen molar-refractivity contribution in [3.05, 3.63) is 77.3 Å². The molecule has 170 valence electrons. The van der Waals surface area contributed by atoms with Crippen LogP contribution in [-0.4, -0.2) is 66.3 Å². The van der Waals surface area contributed by atoms with Gasteiger partial charge in [-0.3, -0.25) is 19.8 Å². The highest BCUT2D eigenvalue weighted by Gasteiger charge is 2.22. The molecule has 2 aromatic rings. The third kappa shape index (κ3) is 6.84. The molecule has 1 aromatic carbocycles. The van der Waals surface area contributed by atoms with Crippen LogP contribution in [0, 0.1) is 0 Å². The molecule has 0 N–H and O–H groups in total. The number of hydrogen-bond donors (Lipinski definition) is 0. The Morgan fingerprint density at radius 1 is 1.22 bits per heavy atom. The van der Waals surface area contributed by atoms with Crippen LogP contribution in [0.15, 0.2) is 65.4 Å². The van der Waals surface area contributed by atoms with E-state index in [2.05, 4.69) is 64.1 Å². The molecule has 32 heavy (non-hydrogen) atoms. The Labute approximate surface area is 191 Å². The summed E-state index contributed by atoms with van der Waals surface area (Å²) in [5.74, 6) is -0.371. The smallest absolute Gasteiger partial charge is 0.337 e. The Morgan fingerprint density at radius 2 is 1.94 bits per heavy atom. The molecule has 1 saturated heterocycles. The second-order valence-corrected chi connectivity index (χ2v) is 8.52. The zero-order valence-electron chi connectivity index (χ0n) is 19.6. The average molecular weight is 435 g/mol. The molecule has 0 atom stereocenters. The van der Waals surface area contributed by atoms with Crippen molar-refractivity contribution in [2.45, 2.75) is 39.3 Å². The number of methoxy groups -OCH3 is 1. The van der Waals surface area contributed by atoms with Crippen molar-refractivity contribution in [1.82, 2.24) is 14.8 Å². The topological polar surface area (TPSA) is 58.0 Å². The van der Waals surface area contributed by atoms with Gasteiger partial charge in [0, 0.05) is 31.5 Å². The largest absolute Gasteiger partial charge is 0.465 e. The van der Waals surface area contributed by atoms with Gasteiger partial charge in [-0.2, -0.15) is 0 Å². The molecule has 6 heteroatoms. The van der Waals surface area contributed by atoms with Crippen molar-refractivity contribution in [2.75, 3.05) is 33.8 Å². The van der Waals surface area contributed by atoms with Crippen LogP contribution in [0.4, 0.5) is 0 Å². The Kier molecular flexibility index (Phi) is 8.71. The molecule has 0 unspecified atom stereocenters. The number of ether oxygens (including phenoxy) is 1. The highest BCUT2D eigenvalue weighted by atomic mass is 16.5. The molecule has 1 aromatic heterocycles. The Balaban J connectivity index is 1.51. The van der Waals surface area contributed by atoms with Gasteiger partial charge in [-0.15, -0.1) is 0 Å². The van der Waals surface area contributed by atoms with E-state index in [0.717, 1.165) is 31.9 Å². The van der Waals surface area contributed by atoms with E-state index in [1.54, 1.807) is 18.3 Å². The second kappa shape index (κ2) is 11.7. The minimum atomic E-state index is -0.371. The van der Waals surface area contributed by atoms with E-state index in [-0.39, 0.29) is 5.97 Å². The number of carbonyl (C=O) groups is 1. The van der Waals surface area contributed by atoms with Crippen LogP contribution in [-0.2, 0) is 11.3 Å². The van der Waals surface area contributed by atoms with Gasteiger partial charge in [0.15, 0.2) is 0 Å². The number of pyridine rings is 1. The van der Waals surface area contributed by atoms with Gasteiger partial charge < -0.3 is 4.74 Å². The van der Waals surface area contributed by atoms with E-state index in [9.17, 15) is 4.79 Å². The number of aromatic nitrogens is 1. The molecule has 0 amide bonds. The van der Waals surface area contributed by atoms with Crippen molar-refractivity contribution in [3.8, 4) is 0 Å². The molecular weight excluding hydrogens is 400 g/mol.